The molecule has 4 atom stereocenters. The minimum Gasteiger partial charge on any atom is -0.363 e. The summed E-state index contributed by atoms with van der Waals surface area (Å²) in [6.07, 6.45) is 6.30. The van der Waals surface area contributed by atoms with Crippen LogP contribution >= 0.6 is 0 Å². The van der Waals surface area contributed by atoms with E-state index in [1.807, 2.05) is 0 Å². The zero-order valence-electron chi connectivity index (χ0n) is 19.5. The first-order valence-electron chi connectivity index (χ1n) is 12.4. The molecule has 0 aromatic rings. The van der Waals surface area contributed by atoms with Crippen LogP contribution in [0.1, 0.15) is 65.2 Å². The quantitative estimate of drug-likeness (QED) is 0.386. The number of hydrogen-bond acceptors (Lipinski definition) is 5. The van der Waals surface area contributed by atoms with Crippen LogP contribution < -0.4 is 16.4 Å². The molecule has 1 unspecified atom stereocenters. The zero-order valence-corrected chi connectivity index (χ0v) is 19.5. The Morgan fingerprint density at radius 2 is 1.58 bits per heavy atom. The monoisotopic (exact) mass is 460 g/mol. The summed E-state index contributed by atoms with van der Waals surface area (Å²) >= 11 is 0. The van der Waals surface area contributed by atoms with E-state index >= 15 is 0 Å². The molecule has 3 aliphatic carbocycles. The van der Waals surface area contributed by atoms with Crippen molar-refractivity contribution < 1.29 is 24.0 Å². The fraction of sp³-hybridized carbons (Fsp3) is 0.792. The molecule has 182 valence electrons. The van der Waals surface area contributed by atoms with Crippen LogP contribution in [0.4, 0.5) is 0 Å². The maximum absolute atomic E-state index is 13.6. The van der Waals surface area contributed by atoms with Crippen molar-refractivity contribution in [3.8, 4) is 0 Å². The lowest BCUT2D eigenvalue weighted by Gasteiger charge is -2.30. The molecule has 4 fully saturated rings. The number of nitrogens with one attached hydrogen (secondary N) is 2. The summed E-state index contributed by atoms with van der Waals surface area (Å²) in [5.41, 5.74) is 5.21. The SMILES string of the molecule is CC(C)[C@@H]1C[C@@H](C(=O)NC(CC2CC2)C(=O)C(N)=O)N(C(=O)[C@@H](NC(=O)C2CC2)C2CC2)C1. The Balaban J connectivity index is 1.49. The second-order valence-corrected chi connectivity index (χ2v) is 10.8. The van der Waals surface area contributed by atoms with E-state index in [0.29, 0.717) is 25.3 Å². The van der Waals surface area contributed by atoms with Gasteiger partial charge in [-0.25, -0.2) is 0 Å². The molecule has 4 rings (SSSR count). The highest BCUT2D eigenvalue weighted by atomic mass is 16.2. The maximum Gasteiger partial charge on any atom is 0.287 e. The van der Waals surface area contributed by atoms with E-state index in [9.17, 15) is 24.0 Å². The molecular weight excluding hydrogens is 424 g/mol. The Bertz CT molecular complexity index is 831. The van der Waals surface area contributed by atoms with Crippen molar-refractivity contribution in [3.05, 3.63) is 0 Å². The fourth-order valence-electron chi connectivity index (χ4n) is 4.81. The molecule has 0 bridgehead atoms. The van der Waals surface area contributed by atoms with Crippen LogP contribution in [0, 0.1) is 29.6 Å². The van der Waals surface area contributed by atoms with Gasteiger partial charge in [-0.15, -0.1) is 0 Å². The predicted molar refractivity (Wildman–Crippen MR) is 119 cm³/mol. The summed E-state index contributed by atoms with van der Waals surface area (Å²) in [6.45, 7) is 4.56. The predicted octanol–water partition coefficient (Wildman–Crippen LogP) is 0.504. The van der Waals surface area contributed by atoms with Crippen LogP contribution in [-0.4, -0.2) is 59.0 Å². The first-order valence-corrected chi connectivity index (χ1v) is 12.4. The van der Waals surface area contributed by atoms with Crippen molar-refractivity contribution in [3.63, 3.8) is 0 Å². The van der Waals surface area contributed by atoms with Crippen LogP contribution in [0.15, 0.2) is 0 Å². The first-order chi connectivity index (χ1) is 15.7. The minimum atomic E-state index is -1.06. The van der Waals surface area contributed by atoms with Gasteiger partial charge >= 0.3 is 0 Å². The molecule has 3 saturated carbocycles. The Kier molecular flexibility index (Phi) is 6.77. The van der Waals surface area contributed by atoms with Gasteiger partial charge in [0.15, 0.2) is 0 Å². The van der Waals surface area contributed by atoms with Gasteiger partial charge in [-0.2, -0.15) is 0 Å². The molecule has 33 heavy (non-hydrogen) atoms. The number of nitrogens with two attached hydrogens (primary N) is 1. The van der Waals surface area contributed by atoms with E-state index in [0.717, 1.165) is 38.5 Å². The van der Waals surface area contributed by atoms with E-state index in [2.05, 4.69) is 24.5 Å². The van der Waals surface area contributed by atoms with Gasteiger partial charge in [0.1, 0.15) is 12.1 Å². The van der Waals surface area contributed by atoms with Crippen LogP contribution in [0.5, 0.6) is 0 Å². The Morgan fingerprint density at radius 3 is 2.09 bits per heavy atom. The van der Waals surface area contributed by atoms with Crippen LogP contribution in [0.3, 0.4) is 0 Å². The lowest BCUT2D eigenvalue weighted by Crippen LogP contribution is -2.56. The smallest absolute Gasteiger partial charge is 0.287 e. The zero-order chi connectivity index (χ0) is 23.9. The van der Waals surface area contributed by atoms with E-state index in [4.69, 9.17) is 5.73 Å². The molecule has 1 heterocycles. The number of hydrogen-bond donors (Lipinski definition) is 3. The van der Waals surface area contributed by atoms with Crippen molar-refractivity contribution >= 4 is 29.4 Å². The molecule has 9 nitrogen and oxygen atoms in total. The molecule has 4 aliphatic rings. The molecule has 0 aromatic carbocycles. The van der Waals surface area contributed by atoms with E-state index in [1.165, 1.54) is 0 Å². The third-order valence-electron chi connectivity index (χ3n) is 7.61. The Labute approximate surface area is 194 Å². The average molecular weight is 461 g/mol. The second-order valence-electron chi connectivity index (χ2n) is 10.8. The van der Waals surface area contributed by atoms with E-state index in [1.54, 1.807) is 4.90 Å². The number of ketones is 1. The number of carbonyl (C=O) groups excluding carboxylic acids is 5. The Hall–Kier alpha value is -2.45. The van der Waals surface area contributed by atoms with Gasteiger partial charge in [0.05, 0.1) is 6.04 Å². The van der Waals surface area contributed by atoms with Gasteiger partial charge in [-0.3, -0.25) is 24.0 Å². The number of Topliss-reactive ketones (excluding diaryl/α,β-unsaturated/α-hetero) is 1. The number of carbonyl (C=O) groups is 5. The highest BCUT2D eigenvalue weighted by Crippen LogP contribution is 2.38. The van der Waals surface area contributed by atoms with Crippen LogP contribution in [0.25, 0.3) is 0 Å². The summed E-state index contributed by atoms with van der Waals surface area (Å²) in [4.78, 5) is 64.7. The van der Waals surface area contributed by atoms with Crippen molar-refractivity contribution in [1.82, 2.24) is 15.5 Å². The molecule has 0 radical (unpaired) electrons. The molecule has 0 aromatic heterocycles. The van der Waals surface area contributed by atoms with Gasteiger partial charge < -0.3 is 21.3 Å². The van der Waals surface area contributed by atoms with Gasteiger partial charge in [-0.05, 0) is 62.2 Å². The standard InChI is InChI=1S/C24H36N4O5/c1-12(2)16-10-18(23(32)26-17(9-13-3-4-13)20(29)21(25)30)28(11-16)24(33)19(14-5-6-14)27-22(31)15-7-8-15/h12-19H,3-11H2,1-2H3,(H2,25,30)(H,26,32)(H,27,31)/t16-,17?,18+,19+/m1/s1. The van der Waals surface area contributed by atoms with Crippen molar-refractivity contribution in [1.29, 1.82) is 0 Å². The van der Waals surface area contributed by atoms with Crippen molar-refractivity contribution in [2.45, 2.75) is 83.3 Å². The molecule has 4 amide bonds. The third-order valence-corrected chi connectivity index (χ3v) is 7.61. The van der Waals surface area contributed by atoms with Crippen LogP contribution in [0.2, 0.25) is 0 Å². The lowest BCUT2D eigenvalue weighted by atomic mass is 9.93. The molecule has 1 aliphatic heterocycles. The van der Waals surface area contributed by atoms with E-state index < -0.39 is 35.7 Å². The number of rotatable bonds is 11. The molecule has 9 heteroatoms. The highest BCUT2D eigenvalue weighted by Gasteiger charge is 2.48. The molecule has 0 spiro atoms. The number of likely N-dealkylation sites (tertiary alicyclic amines) is 1. The summed E-state index contributed by atoms with van der Waals surface area (Å²) in [5.74, 6) is -1.73. The minimum absolute atomic E-state index is 0.00290. The van der Waals surface area contributed by atoms with Gasteiger partial charge in [0.25, 0.3) is 5.91 Å². The van der Waals surface area contributed by atoms with Gasteiger partial charge in [-0.1, -0.05) is 26.7 Å². The number of nitrogens with zero attached hydrogens (tertiary/aromatic N) is 1. The molecule has 1 saturated heterocycles. The van der Waals surface area contributed by atoms with Gasteiger partial charge in [0.2, 0.25) is 23.5 Å². The number of primary amides is 1. The fourth-order valence-corrected chi connectivity index (χ4v) is 4.81. The lowest BCUT2D eigenvalue weighted by molar-refractivity contribution is -0.143. The highest BCUT2D eigenvalue weighted by molar-refractivity contribution is 6.37. The summed E-state index contributed by atoms with van der Waals surface area (Å²) in [5, 5.41) is 5.69. The van der Waals surface area contributed by atoms with Crippen molar-refractivity contribution in [2.24, 2.45) is 35.3 Å². The largest absolute Gasteiger partial charge is 0.363 e. The average Bonchev–Trinajstić information content (AvgIpc) is 3.60. The third kappa shape index (κ3) is 5.73. The summed E-state index contributed by atoms with van der Waals surface area (Å²) in [6, 6.07) is -2.29. The number of amides is 4. The first kappa shape index (κ1) is 23.7. The van der Waals surface area contributed by atoms with Gasteiger partial charge in [0, 0.05) is 12.5 Å². The molecule has 4 N–H and O–H groups in total. The maximum atomic E-state index is 13.6. The summed E-state index contributed by atoms with van der Waals surface area (Å²) in [7, 11) is 0. The Morgan fingerprint density at radius 1 is 0.909 bits per heavy atom. The topological polar surface area (TPSA) is 139 Å². The second kappa shape index (κ2) is 9.43. The van der Waals surface area contributed by atoms with Crippen molar-refractivity contribution in [2.75, 3.05) is 6.54 Å². The van der Waals surface area contributed by atoms with Crippen LogP contribution in [-0.2, 0) is 24.0 Å². The molecular formula is C24H36N4O5. The summed E-state index contributed by atoms with van der Waals surface area (Å²) < 4.78 is 0. The normalized spacial score (nSPS) is 26.6. The van der Waals surface area contributed by atoms with E-state index in [-0.39, 0.29) is 35.5 Å².